The Bertz CT molecular complexity index is 853. The third kappa shape index (κ3) is 3.30. The standard InChI is InChI=1S/C16H12N4O3S.C2H6/c1-16(24)3-2-12-11(7-20-16)13-15(21-12)23-14(22-13)10(4-17)9-5-18-8-19-6-9;1-2/h2-3,5-8,13,15,24H,1H3;1-2H3/b14-10-;. The fourth-order valence-electron chi connectivity index (χ4n) is 2.52. The number of rotatable bonds is 1. The van der Waals surface area contributed by atoms with E-state index in [2.05, 4.69) is 33.7 Å². The van der Waals surface area contributed by atoms with Crippen molar-refractivity contribution in [2.45, 2.75) is 38.0 Å². The predicted molar refractivity (Wildman–Crippen MR) is 98.8 cm³/mol. The molecule has 0 bridgehead atoms. The average Bonchev–Trinajstić information content (AvgIpc) is 3.15. The molecule has 1 saturated heterocycles. The van der Waals surface area contributed by atoms with Crippen LogP contribution in [-0.4, -0.2) is 33.4 Å². The maximum Gasteiger partial charge on any atom is 0.302 e. The summed E-state index contributed by atoms with van der Waals surface area (Å²) in [6.45, 7) is 5.86. The van der Waals surface area contributed by atoms with Crippen molar-refractivity contribution in [1.29, 1.82) is 5.26 Å². The number of hydrogen-bond acceptors (Lipinski definition) is 8. The lowest BCUT2D eigenvalue weighted by Gasteiger charge is -2.12. The van der Waals surface area contributed by atoms with Crippen LogP contribution in [0.2, 0.25) is 0 Å². The van der Waals surface area contributed by atoms with E-state index >= 15 is 0 Å². The molecule has 1 fully saturated rings. The second-order valence-corrected chi connectivity index (χ2v) is 6.45. The van der Waals surface area contributed by atoms with Crippen LogP contribution >= 0.6 is 12.6 Å². The smallest absolute Gasteiger partial charge is 0.302 e. The minimum absolute atomic E-state index is 0.101. The predicted octanol–water partition coefficient (Wildman–Crippen LogP) is 3.01. The molecule has 1 aromatic heterocycles. The van der Waals surface area contributed by atoms with Gasteiger partial charge in [-0.1, -0.05) is 13.8 Å². The van der Waals surface area contributed by atoms with Crippen molar-refractivity contribution in [2.75, 3.05) is 0 Å². The normalized spacial score (nSPS) is 29.8. The molecule has 0 N–H and O–H groups in total. The van der Waals surface area contributed by atoms with Gasteiger partial charge in [-0.25, -0.2) is 9.97 Å². The van der Waals surface area contributed by atoms with Crippen LogP contribution in [0.1, 0.15) is 26.3 Å². The van der Waals surface area contributed by atoms with Crippen LogP contribution in [0.25, 0.3) is 5.57 Å². The van der Waals surface area contributed by atoms with Crippen LogP contribution < -0.4 is 0 Å². The molecule has 4 heterocycles. The zero-order chi connectivity index (χ0) is 18.7. The Kier molecular flexibility index (Phi) is 5.00. The van der Waals surface area contributed by atoms with Crippen molar-refractivity contribution >= 4 is 24.4 Å². The number of ether oxygens (including phenoxy) is 3. The molecule has 3 aliphatic heterocycles. The molecule has 134 valence electrons. The zero-order valence-corrected chi connectivity index (χ0v) is 15.5. The molecule has 0 amide bonds. The van der Waals surface area contributed by atoms with E-state index in [-0.39, 0.29) is 11.5 Å². The highest BCUT2D eigenvalue weighted by molar-refractivity contribution is 7.82. The first-order chi connectivity index (χ1) is 12.6. The van der Waals surface area contributed by atoms with Crippen molar-refractivity contribution in [1.82, 2.24) is 9.97 Å². The molecule has 3 atom stereocenters. The quantitative estimate of drug-likeness (QED) is 0.604. The maximum atomic E-state index is 9.43. The average molecular weight is 370 g/mol. The molecule has 3 aliphatic rings. The number of nitriles is 1. The molecule has 0 saturated carbocycles. The van der Waals surface area contributed by atoms with Gasteiger partial charge in [0.25, 0.3) is 6.29 Å². The van der Waals surface area contributed by atoms with Crippen LogP contribution in [0, 0.1) is 11.3 Å². The largest absolute Gasteiger partial charge is 0.450 e. The number of allylic oxidation sites excluding steroid dienone is 2. The Morgan fingerprint density at radius 1 is 1.23 bits per heavy atom. The van der Waals surface area contributed by atoms with Crippen LogP contribution in [0.3, 0.4) is 0 Å². The molecule has 3 unspecified atom stereocenters. The summed E-state index contributed by atoms with van der Waals surface area (Å²) < 4.78 is 17.3. The molecular weight excluding hydrogens is 352 g/mol. The second kappa shape index (κ2) is 7.22. The zero-order valence-electron chi connectivity index (χ0n) is 14.6. The van der Waals surface area contributed by atoms with E-state index < -0.39 is 17.3 Å². The van der Waals surface area contributed by atoms with Crippen LogP contribution in [0.4, 0.5) is 0 Å². The summed E-state index contributed by atoms with van der Waals surface area (Å²) in [5.74, 6) is 0.733. The maximum absolute atomic E-state index is 9.43. The number of aromatic nitrogens is 2. The summed E-state index contributed by atoms with van der Waals surface area (Å²) in [5, 5.41) is 9.43. The van der Waals surface area contributed by atoms with Crippen molar-refractivity contribution in [3.8, 4) is 6.07 Å². The molecular formula is C18H18N4O3S. The van der Waals surface area contributed by atoms with Gasteiger partial charge in [-0.2, -0.15) is 5.26 Å². The molecule has 4 rings (SSSR count). The van der Waals surface area contributed by atoms with Gasteiger partial charge in [0.05, 0.1) is 5.57 Å². The fourth-order valence-corrected chi connectivity index (χ4v) is 2.65. The molecule has 26 heavy (non-hydrogen) atoms. The molecule has 1 aromatic rings. The van der Waals surface area contributed by atoms with Gasteiger partial charge in [0.15, 0.2) is 0 Å². The van der Waals surface area contributed by atoms with Gasteiger partial charge in [0.1, 0.15) is 28.6 Å². The van der Waals surface area contributed by atoms with Crippen LogP contribution in [0.15, 0.2) is 53.1 Å². The highest BCUT2D eigenvalue weighted by Crippen LogP contribution is 2.40. The Balaban J connectivity index is 0.000000948. The fraction of sp³-hybridized carbons (Fsp3) is 0.333. The number of hydrogen-bond donors (Lipinski definition) is 1. The summed E-state index contributed by atoms with van der Waals surface area (Å²) >= 11 is 4.44. The van der Waals surface area contributed by atoms with Gasteiger partial charge < -0.3 is 14.2 Å². The Morgan fingerprint density at radius 2 is 1.96 bits per heavy atom. The van der Waals surface area contributed by atoms with Crippen molar-refractivity contribution in [2.24, 2.45) is 4.99 Å². The topological polar surface area (TPSA) is 89.6 Å². The third-order valence-corrected chi connectivity index (χ3v) is 3.98. The Labute approximate surface area is 157 Å². The molecule has 0 aliphatic carbocycles. The minimum atomic E-state index is -0.654. The van der Waals surface area contributed by atoms with Crippen LogP contribution in [0.5, 0.6) is 0 Å². The van der Waals surface area contributed by atoms with Gasteiger partial charge in [0.2, 0.25) is 6.10 Å². The lowest BCUT2D eigenvalue weighted by atomic mass is 10.1. The van der Waals surface area contributed by atoms with Crippen molar-refractivity contribution < 1.29 is 14.2 Å². The first kappa shape index (κ1) is 18.0. The molecule has 0 aromatic carbocycles. The van der Waals surface area contributed by atoms with E-state index in [9.17, 15) is 5.26 Å². The van der Waals surface area contributed by atoms with Gasteiger partial charge in [-0.15, -0.1) is 12.6 Å². The van der Waals surface area contributed by atoms with Crippen LogP contribution in [-0.2, 0) is 14.2 Å². The minimum Gasteiger partial charge on any atom is -0.450 e. The monoisotopic (exact) mass is 370 g/mol. The van der Waals surface area contributed by atoms with Gasteiger partial charge in [-0.3, -0.25) is 4.99 Å². The van der Waals surface area contributed by atoms with Gasteiger partial charge in [0, 0.05) is 24.2 Å². The summed E-state index contributed by atoms with van der Waals surface area (Å²) in [4.78, 5) is 11.6. The number of fused-ring (bicyclic) bond motifs is 2. The molecule has 7 nitrogen and oxygen atoms in total. The first-order valence-electron chi connectivity index (χ1n) is 8.18. The molecule has 0 radical (unpaired) electrons. The highest BCUT2D eigenvalue weighted by atomic mass is 32.1. The summed E-state index contributed by atoms with van der Waals surface area (Å²) in [5.41, 5.74) is 1.49. The van der Waals surface area contributed by atoms with Crippen molar-refractivity contribution in [3.05, 3.63) is 53.7 Å². The molecule has 0 spiro atoms. The van der Waals surface area contributed by atoms with E-state index in [0.717, 1.165) is 5.57 Å². The van der Waals surface area contributed by atoms with E-state index in [1.165, 1.54) is 18.7 Å². The second-order valence-electron chi connectivity index (χ2n) is 5.55. The lowest BCUT2D eigenvalue weighted by Crippen LogP contribution is -2.21. The van der Waals surface area contributed by atoms with Gasteiger partial charge >= 0.3 is 5.95 Å². The summed E-state index contributed by atoms with van der Waals surface area (Å²) in [6.07, 6.45) is 8.60. The first-order valence-corrected chi connectivity index (χ1v) is 8.63. The SMILES string of the molecule is CC.CC1(S)C=CC2=C(C=N1)C1O/C(=C(\C#N)c3cncnc3)OC1O2. The van der Waals surface area contributed by atoms with E-state index in [4.69, 9.17) is 14.2 Å². The van der Waals surface area contributed by atoms with E-state index in [0.29, 0.717) is 11.3 Å². The van der Waals surface area contributed by atoms with Gasteiger partial charge in [-0.05, 0) is 19.1 Å². The summed E-state index contributed by atoms with van der Waals surface area (Å²) in [7, 11) is 0. The highest BCUT2D eigenvalue weighted by Gasteiger charge is 2.47. The Hall–Kier alpha value is -2.79. The third-order valence-electron chi connectivity index (χ3n) is 3.72. The molecule has 8 heteroatoms. The lowest BCUT2D eigenvalue weighted by molar-refractivity contribution is -0.0433. The Morgan fingerprint density at radius 3 is 2.65 bits per heavy atom. The van der Waals surface area contributed by atoms with E-state index in [1.807, 2.05) is 26.8 Å². The van der Waals surface area contributed by atoms with Crippen molar-refractivity contribution in [3.63, 3.8) is 0 Å². The van der Waals surface area contributed by atoms with E-state index in [1.54, 1.807) is 12.3 Å². The number of aliphatic imine (C=N–C) groups is 1. The summed E-state index contributed by atoms with van der Waals surface area (Å²) in [6, 6.07) is 2.07. The number of thiol groups is 1. The number of nitrogens with zero attached hydrogens (tertiary/aromatic N) is 4.